The maximum Gasteiger partial charge on any atom is 0.123 e. The third-order valence-electron chi connectivity index (χ3n) is 3.04. The normalized spacial score (nSPS) is 11.6. The van der Waals surface area contributed by atoms with Crippen LogP contribution in [0.3, 0.4) is 0 Å². The highest BCUT2D eigenvalue weighted by molar-refractivity contribution is 5.35. The van der Waals surface area contributed by atoms with Gasteiger partial charge in [-0.05, 0) is 36.0 Å². The lowest BCUT2D eigenvalue weighted by Gasteiger charge is -2.27. The van der Waals surface area contributed by atoms with Gasteiger partial charge in [0.15, 0.2) is 0 Å². The van der Waals surface area contributed by atoms with Crippen molar-refractivity contribution in [3.63, 3.8) is 0 Å². The fourth-order valence-electron chi connectivity index (χ4n) is 1.48. The molecule has 2 N–H and O–H groups in total. The van der Waals surface area contributed by atoms with E-state index in [9.17, 15) is 0 Å². The van der Waals surface area contributed by atoms with Gasteiger partial charge in [-0.1, -0.05) is 20.8 Å². The van der Waals surface area contributed by atoms with Gasteiger partial charge >= 0.3 is 0 Å². The first-order valence-electron chi connectivity index (χ1n) is 4.84. The molecule has 0 bridgehead atoms. The molecule has 0 unspecified atom stereocenters. The van der Waals surface area contributed by atoms with Crippen molar-refractivity contribution in [1.82, 2.24) is 4.98 Å². The number of hydrogen-bond acceptors (Lipinski definition) is 2. The molecule has 0 aliphatic rings. The van der Waals surface area contributed by atoms with Crippen LogP contribution in [0.2, 0.25) is 0 Å². The quantitative estimate of drug-likeness (QED) is 0.773. The summed E-state index contributed by atoms with van der Waals surface area (Å²) in [7, 11) is 0. The first-order valence-corrected chi connectivity index (χ1v) is 4.84. The molecule has 0 spiro atoms. The van der Waals surface area contributed by atoms with Crippen LogP contribution in [0.1, 0.15) is 39.2 Å². The Balaban J connectivity index is 3.05. The standard InChI is InChI=1S/C11H18N2/c1-4-11(3,5-2)9-6-7-13-10(12)8-9/h6-8H,4-5H2,1-3H3,(H2,12,13). The molecule has 1 aromatic rings. The summed E-state index contributed by atoms with van der Waals surface area (Å²) in [5.41, 5.74) is 7.20. The summed E-state index contributed by atoms with van der Waals surface area (Å²) in [5.74, 6) is 0.616. The maximum absolute atomic E-state index is 5.65. The van der Waals surface area contributed by atoms with Crippen LogP contribution in [0.15, 0.2) is 18.3 Å². The molecule has 13 heavy (non-hydrogen) atoms. The Bertz CT molecular complexity index is 277. The summed E-state index contributed by atoms with van der Waals surface area (Å²) in [4.78, 5) is 4.00. The molecule has 1 aromatic heterocycles. The number of nitrogen functional groups attached to an aromatic ring is 1. The zero-order valence-electron chi connectivity index (χ0n) is 8.67. The van der Waals surface area contributed by atoms with Crippen LogP contribution in [0.5, 0.6) is 0 Å². The summed E-state index contributed by atoms with van der Waals surface area (Å²) in [6.45, 7) is 6.68. The van der Waals surface area contributed by atoms with Gasteiger partial charge in [0.25, 0.3) is 0 Å². The van der Waals surface area contributed by atoms with Crippen LogP contribution >= 0.6 is 0 Å². The Morgan fingerprint density at radius 2 is 2.00 bits per heavy atom. The van der Waals surface area contributed by atoms with E-state index in [-0.39, 0.29) is 5.41 Å². The number of nitrogens with two attached hydrogens (primary N) is 1. The lowest BCUT2D eigenvalue weighted by Crippen LogP contribution is -2.19. The molecule has 0 radical (unpaired) electrons. The third-order valence-corrected chi connectivity index (χ3v) is 3.04. The molecular formula is C11H18N2. The monoisotopic (exact) mass is 178 g/mol. The molecule has 2 nitrogen and oxygen atoms in total. The lowest BCUT2D eigenvalue weighted by atomic mass is 9.78. The summed E-state index contributed by atoms with van der Waals surface area (Å²) >= 11 is 0. The minimum Gasteiger partial charge on any atom is -0.384 e. The number of pyridine rings is 1. The second kappa shape index (κ2) is 3.77. The van der Waals surface area contributed by atoms with E-state index >= 15 is 0 Å². The van der Waals surface area contributed by atoms with Crippen LogP contribution in [-0.4, -0.2) is 4.98 Å². The third kappa shape index (κ3) is 2.00. The van der Waals surface area contributed by atoms with Crippen LogP contribution in [0.4, 0.5) is 5.82 Å². The Hall–Kier alpha value is -1.05. The van der Waals surface area contributed by atoms with Crippen LogP contribution in [0, 0.1) is 0 Å². The maximum atomic E-state index is 5.65. The van der Waals surface area contributed by atoms with E-state index in [0.29, 0.717) is 5.82 Å². The minimum atomic E-state index is 0.247. The zero-order chi connectivity index (χ0) is 9.90. The molecule has 2 heteroatoms. The Morgan fingerprint density at radius 1 is 1.38 bits per heavy atom. The van der Waals surface area contributed by atoms with Gasteiger partial charge in [0.05, 0.1) is 0 Å². The van der Waals surface area contributed by atoms with Crippen molar-refractivity contribution in [3.05, 3.63) is 23.9 Å². The van der Waals surface area contributed by atoms with Crippen molar-refractivity contribution < 1.29 is 0 Å². The molecule has 0 aromatic carbocycles. The van der Waals surface area contributed by atoms with E-state index in [1.807, 2.05) is 6.07 Å². The topological polar surface area (TPSA) is 38.9 Å². The van der Waals surface area contributed by atoms with Crippen molar-refractivity contribution in [1.29, 1.82) is 0 Å². The van der Waals surface area contributed by atoms with Crippen LogP contribution in [0.25, 0.3) is 0 Å². The summed E-state index contributed by atoms with van der Waals surface area (Å²) in [6.07, 6.45) is 4.05. The van der Waals surface area contributed by atoms with Gasteiger partial charge in [0.2, 0.25) is 0 Å². The number of nitrogens with zero attached hydrogens (tertiary/aromatic N) is 1. The van der Waals surface area contributed by atoms with Gasteiger partial charge in [-0.15, -0.1) is 0 Å². The van der Waals surface area contributed by atoms with E-state index in [1.54, 1.807) is 6.20 Å². The Labute approximate surface area is 80.2 Å². The number of rotatable bonds is 3. The van der Waals surface area contributed by atoms with Gasteiger partial charge in [-0.3, -0.25) is 0 Å². The van der Waals surface area contributed by atoms with Crippen molar-refractivity contribution in [3.8, 4) is 0 Å². The van der Waals surface area contributed by atoms with E-state index < -0.39 is 0 Å². The number of aromatic nitrogens is 1. The summed E-state index contributed by atoms with van der Waals surface area (Å²) in [5, 5.41) is 0. The molecule has 0 aliphatic carbocycles. The van der Waals surface area contributed by atoms with E-state index in [1.165, 1.54) is 5.56 Å². The predicted molar refractivity (Wildman–Crippen MR) is 56.6 cm³/mol. The molecule has 0 amide bonds. The number of anilines is 1. The fraction of sp³-hybridized carbons (Fsp3) is 0.545. The van der Waals surface area contributed by atoms with Crippen molar-refractivity contribution in [2.75, 3.05) is 5.73 Å². The highest BCUT2D eigenvalue weighted by Crippen LogP contribution is 2.30. The van der Waals surface area contributed by atoms with Crippen LogP contribution < -0.4 is 5.73 Å². The van der Waals surface area contributed by atoms with Gasteiger partial charge in [0.1, 0.15) is 5.82 Å². The van der Waals surface area contributed by atoms with Gasteiger partial charge in [-0.2, -0.15) is 0 Å². The Kier molecular flexibility index (Phi) is 2.91. The highest BCUT2D eigenvalue weighted by atomic mass is 14.8. The smallest absolute Gasteiger partial charge is 0.123 e. The van der Waals surface area contributed by atoms with E-state index in [2.05, 4.69) is 31.8 Å². The second-order valence-electron chi connectivity index (χ2n) is 3.74. The average molecular weight is 178 g/mol. The molecule has 1 heterocycles. The van der Waals surface area contributed by atoms with E-state index in [0.717, 1.165) is 12.8 Å². The lowest BCUT2D eigenvalue weighted by molar-refractivity contribution is 0.439. The first-order chi connectivity index (χ1) is 6.12. The van der Waals surface area contributed by atoms with Crippen molar-refractivity contribution >= 4 is 5.82 Å². The zero-order valence-corrected chi connectivity index (χ0v) is 8.67. The van der Waals surface area contributed by atoms with Crippen molar-refractivity contribution in [2.24, 2.45) is 0 Å². The number of hydrogen-bond donors (Lipinski definition) is 1. The van der Waals surface area contributed by atoms with E-state index in [4.69, 9.17) is 5.73 Å². The Morgan fingerprint density at radius 3 is 2.46 bits per heavy atom. The molecule has 0 atom stereocenters. The molecule has 0 aliphatic heterocycles. The fourth-order valence-corrected chi connectivity index (χ4v) is 1.48. The molecule has 0 fully saturated rings. The summed E-state index contributed by atoms with van der Waals surface area (Å²) < 4.78 is 0. The predicted octanol–water partition coefficient (Wildman–Crippen LogP) is 2.74. The molecule has 72 valence electrons. The SMILES string of the molecule is CCC(C)(CC)c1ccnc(N)c1. The molecule has 1 rings (SSSR count). The largest absolute Gasteiger partial charge is 0.384 e. The first kappa shape index (κ1) is 10.0. The highest BCUT2D eigenvalue weighted by Gasteiger charge is 2.22. The van der Waals surface area contributed by atoms with Gasteiger partial charge < -0.3 is 5.73 Å². The van der Waals surface area contributed by atoms with Crippen molar-refractivity contribution in [2.45, 2.75) is 39.0 Å². The second-order valence-corrected chi connectivity index (χ2v) is 3.74. The molecular weight excluding hydrogens is 160 g/mol. The molecule has 0 saturated carbocycles. The average Bonchev–Trinajstić information content (AvgIpc) is 2.17. The van der Waals surface area contributed by atoms with Gasteiger partial charge in [0, 0.05) is 6.20 Å². The van der Waals surface area contributed by atoms with Gasteiger partial charge in [-0.25, -0.2) is 4.98 Å². The minimum absolute atomic E-state index is 0.247. The van der Waals surface area contributed by atoms with Crippen LogP contribution in [-0.2, 0) is 5.41 Å². The summed E-state index contributed by atoms with van der Waals surface area (Å²) in [6, 6.07) is 4.04. The molecule has 0 saturated heterocycles.